The lowest BCUT2D eigenvalue weighted by Crippen LogP contribution is -2.48. The molecule has 3 atom stereocenters. The third kappa shape index (κ3) is 4.96. The van der Waals surface area contributed by atoms with Gasteiger partial charge in [0.05, 0.1) is 4.91 Å². The number of nitrogens with zero attached hydrogens (tertiary/aromatic N) is 2. The number of nitrogens with one attached hydrogen (secondary N) is 1. The number of anilines is 1. The third-order valence-corrected chi connectivity index (χ3v) is 8.91. The van der Waals surface area contributed by atoms with E-state index in [2.05, 4.69) is 100 Å². The molecule has 4 nitrogen and oxygen atoms in total. The van der Waals surface area contributed by atoms with Crippen LogP contribution in [0.3, 0.4) is 0 Å². The molecule has 1 saturated heterocycles. The zero-order valence-corrected chi connectivity index (χ0v) is 22.9. The molecule has 0 spiro atoms. The van der Waals surface area contributed by atoms with E-state index in [1.54, 1.807) is 11.8 Å². The van der Waals surface area contributed by atoms with Crippen LogP contribution >= 0.6 is 27.7 Å². The molecule has 6 heteroatoms. The van der Waals surface area contributed by atoms with Crippen molar-refractivity contribution in [2.75, 3.05) is 5.32 Å². The van der Waals surface area contributed by atoms with Gasteiger partial charge in [0, 0.05) is 33.3 Å². The second-order valence-electron chi connectivity index (χ2n) is 9.67. The maximum absolute atomic E-state index is 13.9. The number of hydrogen-bond donors (Lipinski definition) is 1. The number of amides is 1. The van der Waals surface area contributed by atoms with Gasteiger partial charge >= 0.3 is 0 Å². The zero-order valence-electron chi connectivity index (χ0n) is 20.5. The first-order valence-electron chi connectivity index (χ1n) is 12.4. The van der Waals surface area contributed by atoms with E-state index in [-0.39, 0.29) is 17.4 Å². The van der Waals surface area contributed by atoms with Gasteiger partial charge in [0.2, 0.25) is 0 Å². The summed E-state index contributed by atoms with van der Waals surface area (Å²) in [5, 5.41) is 3.63. The highest BCUT2D eigenvalue weighted by Gasteiger charge is 2.43. The van der Waals surface area contributed by atoms with Crippen LogP contribution in [0.25, 0.3) is 11.8 Å². The van der Waals surface area contributed by atoms with Gasteiger partial charge in [0.15, 0.2) is 5.50 Å². The van der Waals surface area contributed by atoms with Gasteiger partial charge in [-0.15, -0.1) is 0 Å². The van der Waals surface area contributed by atoms with Gasteiger partial charge < -0.3 is 14.8 Å². The summed E-state index contributed by atoms with van der Waals surface area (Å²) in [5.41, 5.74) is 5.46. The smallest absolute Gasteiger partial charge is 0.262 e. The van der Waals surface area contributed by atoms with Crippen LogP contribution in [0.4, 0.5) is 5.69 Å². The quantitative estimate of drug-likeness (QED) is 0.330. The molecule has 1 aliphatic heterocycles. The van der Waals surface area contributed by atoms with Crippen LogP contribution in [0.1, 0.15) is 49.6 Å². The summed E-state index contributed by atoms with van der Waals surface area (Å²) in [6.07, 6.45) is 6.80. The molecule has 5 rings (SSSR count). The maximum atomic E-state index is 13.9. The molecule has 2 aliphatic rings. The number of benzene rings is 2. The van der Waals surface area contributed by atoms with Gasteiger partial charge in [-0.1, -0.05) is 65.7 Å². The number of thioether (sulfide) groups is 1. The molecule has 182 valence electrons. The summed E-state index contributed by atoms with van der Waals surface area (Å²) in [5.74, 6) is 0.658. The lowest BCUT2D eigenvalue weighted by Gasteiger charge is -2.39. The first-order chi connectivity index (χ1) is 16.9. The van der Waals surface area contributed by atoms with E-state index in [0.717, 1.165) is 44.1 Å². The molecule has 1 amide bonds. The van der Waals surface area contributed by atoms with E-state index >= 15 is 0 Å². The van der Waals surface area contributed by atoms with Gasteiger partial charge in [0.25, 0.3) is 5.91 Å². The molecule has 1 N–H and O–H groups in total. The van der Waals surface area contributed by atoms with Crippen LogP contribution in [0, 0.1) is 19.8 Å². The summed E-state index contributed by atoms with van der Waals surface area (Å²) >= 11 is 5.17. The number of halogens is 1. The molecule has 2 fully saturated rings. The fraction of sp³-hybridized carbons (Fsp3) is 0.345. The lowest BCUT2D eigenvalue weighted by molar-refractivity contribution is -0.129. The van der Waals surface area contributed by atoms with Crippen molar-refractivity contribution in [2.24, 2.45) is 5.92 Å². The number of hydrogen-bond acceptors (Lipinski definition) is 3. The predicted molar refractivity (Wildman–Crippen MR) is 151 cm³/mol. The first-order valence-corrected chi connectivity index (χ1v) is 14.1. The van der Waals surface area contributed by atoms with Gasteiger partial charge in [-0.3, -0.25) is 4.79 Å². The van der Waals surface area contributed by atoms with Crippen molar-refractivity contribution in [3.8, 4) is 5.69 Å². The monoisotopic (exact) mass is 549 g/mol. The Kier molecular flexibility index (Phi) is 7.12. The topological polar surface area (TPSA) is 37.3 Å². The number of para-hydroxylation sites is 1. The SMILES string of the molecule is Cc1cc(/C=C2\SC(Nc3ccccc3)N([C@@H]3CCCC[C@H]3C)C2=O)c(C)n1-c1ccc(Br)cc1. The van der Waals surface area contributed by atoms with E-state index in [9.17, 15) is 4.79 Å². The van der Waals surface area contributed by atoms with E-state index in [1.165, 1.54) is 19.3 Å². The number of carbonyl (C=O) groups excluding carboxylic acids is 1. The van der Waals surface area contributed by atoms with E-state index in [1.807, 2.05) is 18.2 Å². The van der Waals surface area contributed by atoms with Gasteiger partial charge in [-0.05, 0) is 86.7 Å². The Hall–Kier alpha value is -2.44. The highest BCUT2D eigenvalue weighted by atomic mass is 79.9. The molecule has 1 aliphatic carbocycles. The maximum Gasteiger partial charge on any atom is 0.262 e. The van der Waals surface area contributed by atoms with Crippen LogP contribution in [-0.4, -0.2) is 26.9 Å². The predicted octanol–water partition coefficient (Wildman–Crippen LogP) is 7.75. The molecule has 0 radical (unpaired) electrons. The van der Waals surface area contributed by atoms with Crippen molar-refractivity contribution < 1.29 is 4.79 Å². The van der Waals surface area contributed by atoms with Crippen LogP contribution in [0.15, 0.2) is 70.0 Å². The zero-order chi connectivity index (χ0) is 24.5. The van der Waals surface area contributed by atoms with Gasteiger partial charge in [0.1, 0.15) is 0 Å². The van der Waals surface area contributed by atoms with Crippen molar-refractivity contribution >= 4 is 45.4 Å². The molecular formula is C29H32BrN3OS. The average Bonchev–Trinajstić information content (AvgIpc) is 3.30. The van der Waals surface area contributed by atoms with Crippen LogP contribution < -0.4 is 5.32 Å². The van der Waals surface area contributed by atoms with Crippen molar-refractivity contribution in [1.29, 1.82) is 0 Å². The molecule has 3 aromatic rings. The van der Waals surface area contributed by atoms with E-state index in [0.29, 0.717) is 5.92 Å². The Morgan fingerprint density at radius 3 is 2.46 bits per heavy atom. The van der Waals surface area contributed by atoms with Crippen molar-refractivity contribution in [2.45, 2.75) is 58.0 Å². The first kappa shape index (κ1) is 24.3. The molecule has 1 saturated carbocycles. The average molecular weight is 551 g/mol. The number of aromatic nitrogens is 1. The highest BCUT2D eigenvalue weighted by molar-refractivity contribution is 9.10. The van der Waals surface area contributed by atoms with E-state index < -0.39 is 0 Å². The molecular weight excluding hydrogens is 518 g/mol. The molecule has 2 heterocycles. The second kappa shape index (κ2) is 10.3. The largest absolute Gasteiger partial charge is 0.356 e. The summed E-state index contributed by atoms with van der Waals surface area (Å²) in [4.78, 5) is 16.8. The molecule has 35 heavy (non-hydrogen) atoms. The van der Waals surface area contributed by atoms with Gasteiger partial charge in [-0.2, -0.15) is 0 Å². The highest BCUT2D eigenvalue weighted by Crippen LogP contribution is 2.42. The minimum Gasteiger partial charge on any atom is -0.356 e. The Morgan fingerprint density at radius 1 is 1.03 bits per heavy atom. The van der Waals surface area contributed by atoms with Crippen LogP contribution in [0.5, 0.6) is 0 Å². The molecule has 2 aromatic carbocycles. The number of carbonyl (C=O) groups is 1. The third-order valence-electron chi connectivity index (χ3n) is 7.27. The summed E-state index contributed by atoms with van der Waals surface area (Å²) in [6, 6.07) is 21.0. The standard InChI is InChI=1S/C29H32BrN3OS/c1-19-9-7-8-12-26(19)33-28(34)27(35-29(33)31-24-10-5-4-6-11-24)18-22-17-20(2)32(21(22)3)25-15-13-23(30)14-16-25/h4-6,10-11,13-19,26,29,31H,7-9,12H2,1-3H3/b27-18-/t19-,26-,29?/m1/s1. The Labute approximate surface area is 220 Å². The summed E-state index contributed by atoms with van der Waals surface area (Å²) < 4.78 is 3.32. The minimum absolute atomic E-state index is 0.100. The molecule has 1 unspecified atom stereocenters. The normalized spacial score (nSPS) is 23.8. The second-order valence-corrected chi connectivity index (χ2v) is 11.7. The van der Waals surface area contributed by atoms with Crippen LogP contribution in [0.2, 0.25) is 0 Å². The Morgan fingerprint density at radius 2 is 1.74 bits per heavy atom. The van der Waals surface area contributed by atoms with Crippen molar-refractivity contribution in [1.82, 2.24) is 9.47 Å². The van der Waals surface area contributed by atoms with Crippen molar-refractivity contribution in [3.05, 3.63) is 87.0 Å². The summed E-state index contributed by atoms with van der Waals surface area (Å²) in [7, 11) is 0. The van der Waals surface area contributed by atoms with Gasteiger partial charge in [-0.25, -0.2) is 0 Å². The van der Waals surface area contributed by atoms with E-state index in [4.69, 9.17) is 0 Å². The lowest BCUT2D eigenvalue weighted by atomic mass is 9.85. The van der Waals surface area contributed by atoms with Crippen LogP contribution in [-0.2, 0) is 4.79 Å². The number of rotatable bonds is 5. The number of aryl methyl sites for hydroxylation is 1. The van der Waals surface area contributed by atoms with Crippen molar-refractivity contribution in [3.63, 3.8) is 0 Å². The Bertz CT molecular complexity index is 1230. The summed E-state index contributed by atoms with van der Waals surface area (Å²) in [6.45, 7) is 6.55. The Balaban J connectivity index is 1.49. The fourth-order valence-corrected chi connectivity index (χ4v) is 6.90. The fourth-order valence-electron chi connectivity index (χ4n) is 5.43. The molecule has 1 aromatic heterocycles. The molecule has 0 bridgehead atoms. The minimum atomic E-state index is -0.100.